The fourth-order valence-electron chi connectivity index (χ4n) is 2.95. The van der Waals surface area contributed by atoms with E-state index in [1.54, 1.807) is 0 Å². The summed E-state index contributed by atoms with van der Waals surface area (Å²) in [5.41, 5.74) is 3.23. The predicted molar refractivity (Wildman–Crippen MR) is 82.1 cm³/mol. The number of nitrogens with one attached hydrogen (secondary N) is 2. The van der Waals surface area contributed by atoms with Crippen LogP contribution in [0.3, 0.4) is 0 Å². The molecule has 2 aliphatic rings. The number of carbonyl (C=O) groups is 1. The van der Waals surface area contributed by atoms with Crippen LogP contribution >= 0.6 is 0 Å². The molecule has 1 amide bonds. The van der Waals surface area contributed by atoms with Crippen molar-refractivity contribution in [3.05, 3.63) is 23.8 Å². The van der Waals surface area contributed by atoms with Gasteiger partial charge in [-0.1, -0.05) is 6.07 Å². The van der Waals surface area contributed by atoms with Gasteiger partial charge in [0.05, 0.1) is 0 Å². The molecule has 1 saturated heterocycles. The van der Waals surface area contributed by atoms with E-state index in [2.05, 4.69) is 28.5 Å². The largest absolute Gasteiger partial charge is 0.381 e. The average molecular weight is 273 g/mol. The number of carbonyl (C=O) groups excluding carboxylic acids is 1. The second-order valence-corrected chi connectivity index (χ2v) is 6.07. The van der Waals surface area contributed by atoms with Crippen molar-refractivity contribution in [3.8, 4) is 0 Å². The summed E-state index contributed by atoms with van der Waals surface area (Å²) in [6.45, 7) is 6.01. The monoisotopic (exact) mass is 273 g/mol. The molecular formula is C16H23N3O. The lowest BCUT2D eigenvalue weighted by atomic mass is 10.1. The fraction of sp³-hybridized carbons (Fsp3) is 0.562. The second kappa shape index (κ2) is 5.44. The van der Waals surface area contributed by atoms with E-state index in [-0.39, 0.29) is 5.91 Å². The summed E-state index contributed by atoms with van der Waals surface area (Å²) < 4.78 is 0. The minimum absolute atomic E-state index is 0.0272. The van der Waals surface area contributed by atoms with E-state index in [9.17, 15) is 4.79 Å². The van der Waals surface area contributed by atoms with E-state index in [0.29, 0.717) is 6.04 Å². The van der Waals surface area contributed by atoms with E-state index >= 15 is 0 Å². The van der Waals surface area contributed by atoms with Crippen molar-refractivity contribution in [3.63, 3.8) is 0 Å². The van der Waals surface area contributed by atoms with Crippen LogP contribution in [0.15, 0.2) is 18.2 Å². The van der Waals surface area contributed by atoms with Gasteiger partial charge in [0.2, 0.25) is 5.91 Å². The lowest BCUT2D eigenvalue weighted by Crippen LogP contribution is -2.27. The van der Waals surface area contributed by atoms with Crippen LogP contribution in [0.25, 0.3) is 0 Å². The molecule has 1 atom stereocenters. The van der Waals surface area contributed by atoms with Gasteiger partial charge in [-0.3, -0.25) is 9.69 Å². The molecule has 20 heavy (non-hydrogen) atoms. The number of likely N-dealkylation sites (tertiary alicyclic amines) is 1. The summed E-state index contributed by atoms with van der Waals surface area (Å²) in [5, 5.41) is 6.49. The molecular weight excluding hydrogens is 250 g/mol. The number of anilines is 2. The van der Waals surface area contributed by atoms with Crippen LogP contribution in [-0.4, -0.2) is 36.0 Å². The van der Waals surface area contributed by atoms with Crippen LogP contribution in [0.5, 0.6) is 0 Å². The Hall–Kier alpha value is -1.55. The highest BCUT2D eigenvalue weighted by Gasteiger charge is 2.34. The first-order chi connectivity index (χ1) is 9.61. The van der Waals surface area contributed by atoms with Gasteiger partial charge in [0.15, 0.2) is 0 Å². The summed E-state index contributed by atoms with van der Waals surface area (Å²) in [7, 11) is 0. The van der Waals surface area contributed by atoms with Crippen molar-refractivity contribution >= 4 is 17.3 Å². The Labute approximate surface area is 120 Å². The number of rotatable bonds is 4. The molecule has 2 N–H and O–H groups in total. The third-order valence-electron chi connectivity index (χ3n) is 4.20. The second-order valence-electron chi connectivity index (χ2n) is 6.07. The maximum Gasteiger partial charge on any atom is 0.221 e. The predicted octanol–water partition coefficient (Wildman–Crippen LogP) is 2.60. The van der Waals surface area contributed by atoms with Gasteiger partial charge in [0.1, 0.15) is 0 Å². The minimum atomic E-state index is -0.0272. The first kappa shape index (κ1) is 13.4. The molecule has 0 radical (unpaired) electrons. The Morgan fingerprint density at radius 3 is 2.80 bits per heavy atom. The molecule has 1 unspecified atom stereocenters. The molecule has 0 aromatic heterocycles. The number of amides is 1. The van der Waals surface area contributed by atoms with Crippen molar-refractivity contribution in [1.29, 1.82) is 0 Å². The third kappa shape index (κ3) is 3.12. The van der Waals surface area contributed by atoms with Gasteiger partial charge in [-0.15, -0.1) is 0 Å². The lowest BCUT2D eigenvalue weighted by molar-refractivity contribution is -0.114. The van der Waals surface area contributed by atoms with Crippen molar-refractivity contribution in [1.82, 2.24) is 4.90 Å². The van der Waals surface area contributed by atoms with Gasteiger partial charge in [-0.25, -0.2) is 0 Å². The van der Waals surface area contributed by atoms with E-state index < -0.39 is 0 Å². The smallest absolute Gasteiger partial charge is 0.221 e. The summed E-state index contributed by atoms with van der Waals surface area (Å²) in [5.74, 6) is -0.0272. The Kier molecular flexibility index (Phi) is 3.66. The van der Waals surface area contributed by atoms with Gasteiger partial charge >= 0.3 is 0 Å². The molecule has 1 aromatic rings. The summed E-state index contributed by atoms with van der Waals surface area (Å²) in [6.07, 6.45) is 3.97. The van der Waals surface area contributed by atoms with Crippen LogP contribution in [0, 0.1) is 6.92 Å². The molecule has 4 heteroatoms. The Balaban J connectivity index is 1.65. The standard InChI is InChI=1S/C16H23N3O/c1-11-3-4-13(17-12(2)20)9-16(11)18-14-7-8-19(10-14)15-5-6-15/h3-4,9,14-15,18H,5-8,10H2,1-2H3,(H,17,20). The fourth-order valence-corrected chi connectivity index (χ4v) is 2.95. The molecule has 0 spiro atoms. The number of benzene rings is 1. The first-order valence-electron chi connectivity index (χ1n) is 7.50. The van der Waals surface area contributed by atoms with Crippen LogP contribution in [0.4, 0.5) is 11.4 Å². The van der Waals surface area contributed by atoms with E-state index in [4.69, 9.17) is 0 Å². The first-order valence-corrected chi connectivity index (χ1v) is 7.50. The Bertz CT molecular complexity index is 510. The van der Waals surface area contributed by atoms with Gasteiger partial charge < -0.3 is 10.6 Å². The highest BCUT2D eigenvalue weighted by atomic mass is 16.1. The highest BCUT2D eigenvalue weighted by molar-refractivity contribution is 5.89. The quantitative estimate of drug-likeness (QED) is 0.886. The number of hydrogen-bond acceptors (Lipinski definition) is 3. The Morgan fingerprint density at radius 1 is 1.30 bits per heavy atom. The number of nitrogens with zero attached hydrogens (tertiary/aromatic N) is 1. The van der Waals surface area contributed by atoms with Crippen molar-refractivity contribution in [2.45, 2.75) is 45.2 Å². The molecule has 108 valence electrons. The zero-order valence-electron chi connectivity index (χ0n) is 12.3. The Morgan fingerprint density at radius 2 is 2.10 bits per heavy atom. The van der Waals surface area contributed by atoms with Gasteiger partial charge in [0, 0.05) is 43.5 Å². The van der Waals surface area contributed by atoms with Crippen LogP contribution in [0.2, 0.25) is 0 Å². The minimum Gasteiger partial charge on any atom is -0.381 e. The molecule has 1 heterocycles. The highest BCUT2D eigenvalue weighted by Crippen LogP contribution is 2.31. The van der Waals surface area contributed by atoms with Crippen molar-refractivity contribution in [2.24, 2.45) is 0 Å². The van der Waals surface area contributed by atoms with E-state index in [0.717, 1.165) is 24.0 Å². The van der Waals surface area contributed by atoms with Crippen LogP contribution < -0.4 is 10.6 Å². The van der Waals surface area contributed by atoms with Gasteiger partial charge in [-0.2, -0.15) is 0 Å². The summed E-state index contributed by atoms with van der Waals surface area (Å²) >= 11 is 0. The van der Waals surface area contributed by atoms with E-state index in [1.165, 1.54) is 38.3 Å². The van der Waals surface area contributed by atoms with Gasteiger partial charge in [0.25, 0.3) is 0 Å². The maximum atomic E-state index is 11.1. The number of hydrogen-bond donors (Lipinski definition) is 2. The summed E-state index contributed by atoms with van der Waals surface area (Å²) in [6, 6.07) is 7.43. The maximum absolute atomic E-state index is 11.1. The number of aryl methyl sites for hydroxylation is 1. The van der Waals surface area contributed by atoms with Gasteiger partial charge in [-0.05, 0) is 43.9 Å². The average Bonchev–Trinajstić information content (AvgIpc) is 3.14. The topological polar surface area (TPSA) is 44.4 Å². The van der Waals surface area contributed by atoms with E-state index in [1.807, 2.05) is 12.1 Å². The molecule has 4 nitrogen and oxygen atoms in total. The molecule has 1 aromatic carbocycles. The van der Waals surface area contributed by atoms with Crippen LogP contribution in [0.1, 0.15) is 31.7 Å². The zero-order chi connectivity index (χ0) is 14.1. The van der Waals surface area contributed by atoms with Crippen molar-refractivity contribution in [2.75, 3.05) is 23.7 Å². The molecule has 1 saturated carbocycles. The molecule has 1 aliphatic carbocycles. The molecule has 2 fully saturated rings. The van der Waals surface area contributed by atoms with Crippen LogP contribution in [-0.2, 0) is 4.79 Å². The SMILES string of the molecule is CC(=O)Nc1ccc(C)c(NC2CCN(C3CC3)C2)c1. The molecule has 1 aliphatic heterocycles. The molecule has 0 bridgehead atoms. The normalized spacial score (nSPS) is 22.8. The van der Waals surface area contributed by atoms with Crippen molar-refractivity contribution < 1.29 is 4.79 Å². The zero-order valence-corrected chi connectivity index (χ0v) is 12.3. The molecule has 3 rings (SSSR count). The third-order valence-corrected chi connectivity index (χ3v) is 4.20. The lowest BCUT2D eigenvalue weighted by Gasteiger charge is -2.18. The summed E-state index contributed by atoms with van der Waals surface area (Å²) in [4.78, 5) is 13.7.